The quantitative estimate of drug-likeness (QED) is 0.329. The van der Waals surface area contributed by atoms with E-state index in [0.717, 1.165) is 41.0 Å². The third-order valence-electron chi connectivity index (χ3n) is 7.60. The second-order valence-corrected chi connectivity index (χ2v) is 13.3. The fourth-order valence-corrected chi connectivity index (χ4v) is 6.86. The summed E-state index contributed by atoms with van der Waals surface area (Å²) in [6.45, 7) is 11.1. The number of aryl methyl sites for hydroxylation is 1. The van der Waals surface area contributed by atoms with E-state index in [2.05, 4.69) is 81.4 Å². The van der Waals surface area contributed by atoms with Gasteiger partial charge in [-0.25, -0.2) is 4.79 Å². The molecule has 7 heteroatoms. The van der Waals surface area contributed by atoms with Crippen LogP contribution in [0.3, 0.4) is 0 Å². The van der Waals surface area contributed by atoms with Crippen molar-refractivity contribution in [2.45, 2.75) is 90.2 Å². The van der Waals surface area contributed by atoms with Gasteiger partial charge in [-0.05, 0) is 99.0 Å². The number of amides is 2. The summed E-state index contributed by atoms with van der Waals surface area (Å²) in [5.41, 5.74) is 5.85. The molecule has 0 saturated carbocycles. The Morgan fingerprint density at radius 3 is 2.38 bits per heavy atom. The number of rotatable bonds is 6. The van der Waals surface area contributed by atoms with Gasteiger partial charge in [-0.1, -0.05) is 64.1 Å². The molecule has 1 fully saturated rings. The van der Waals surface area contributed by atoms with Crippen LogP contribution in [0.4, 0.5) is 4.79 Å². The molecule has 1 aliphatic carbocycles. The molecule has 2 aromatic carbocycles. The molecule has 1 aliphatic heterocycles. The lowest BCUT2D eigenvalue weighted by atomic mass is 9.70. The Hall–Kier alpha value is -1.86. The summed E-state index contributed by atoms with van der Waals surface area (Å²) in [6.07, 6.45) is 4.77. The summed E-state index contributed by atoms with van der Waals surface area (Å²) in [5, 5.41) is 2.88. The SMILES string of the molecule is CCCCCC(NC(=O)OC(C)(C)C)C(=O)N1CCC2(CC1)c1cc(Br)ccc1-c1c(C)cc(Br)cc12. The van der Waals surface area contributed by atoms with E-state index in [1.165, 1.54) is 27.8 Å². The lowest BCUT2D eigenvalue weighted by molar-refractivity contribution is -0.135. The van der Waals surface area contributed by atoms with Gasteiger partial charge in [0.05, 0.1) is 0 Å². The highest BCUT2D eigenvalue weighted by molar-refractivity contribution is 9.10. The first-order valence-corrected chi connectivity index (χ1v) is 14.9. The van der Waals surface area contributed by atoms with Gasteiger partial charge in [-0.15, -0.1) is 0 Å². The number of benzene rings is 2. The number of fused-ring (bicyclic) bond motifs is 5. The number of hydrogen-bond donors (Lipinski definition) is 1. The van der Waals surface area contributed by atoms with E-state index < -0.39 is 17.7 Å². The standard InChI is InChI=1S/C30H38Br2N2O3/c1-6-7-8-9-25(33-28(36)37-29(3,4)5)27(35)34-14-12-30(13-15-34)23-17-20(31)10-11-22(23)26-19(2)16-21(32)18-24(26)30/h10-11,16-18,25H,6-9,12-15H2,1-5H3,(H,33,36). The highest BCUT2D eigenvalue weighted by Gasteiger charge is 2.47. The summed E-state index contributed by atoms with van der Waals surface area (Å²) in [7, 11) is 0. The fraction of sp³-hybridized carbons (Fsp3) is 0.533. The maximum atomic E-state index is 13.7. The average Bonchev–Trinajstić information content (AvgIpc) is 3.06. The molecule has 1 spiro atoms. The summed E-state index contributed by atoms with van der Waals surface area (Å²) in [4.78, 5) is 28.2. The van der Waals surface area contributed by atoms with Gasteiger partial charge >= 0.3 is 6.09 Å². The summed E-state index contributed by atoms with van der Waals surface area (Å²) >= 11 is 7.42. The van der Waals surface area contributed by atoms with Crippen LogP contribution in [0.15, 0.2) is 39.3 Å². The number of likely N-dealkylation sites (tertiary alicyclic amines) is 1. The normalized spacial score (nSPS) is 16.8. The number of nitrogens with zero attached hydrogens (tertiary/aromatic N) is 1. The molecule has 2 aromatic rings. The van der Waals surface area contributed by atoms with Gasteiger partial charge in [0.15, 0.2) is 0 Å². The Morgan fingerprint density at radius 1 is 1.05 bits per heavy atom. The van der Waals surface area contributed by atoms with Crippen molar-refractivity contribution in [1.82, 2.24) is 10.2 Å². The number of nitrogens with one attached hydrogen (secondary N) is 1. The minimum atomic E-state index is -0.609. The molecule has 37 heavy (non-hydrogen) atoms. The first-order chi connectivity index (χ1) is 17.4. The van der Waals surface area contributed by atoms with Crippen molar-refractivity contribution >= 4 is 43.9 Å². The lowest BCUT2D eigenvalue weighted by Crippen LogP contribution is -2.53. The van der Waals surface area contributed by atoms with E-state index >= 15 is 0 Å². The number of piperidine rings is 1. The number of hydrogen-bond acceptors (Lipinski definition) is 3. The summed E-state index contributed by atoms with van der Waals surface area (Å²) in [6, 6.07) is 10.5. The van der Waals surface area contributed by atoms with Gasteiger partial charge in [-0.3, -0.25) is 4.79 Å². The Kier molecular flexibility index (Phi) is 8.44. The number of ether oxygens (including phenoxy) is 1. The maximum absolute atomic E-state index is 13.7. The Balaban J connectivity index is 1.57. The fourth-order valence-electron chi connectivity index (χ4n) is 5.93. The zero-order valence-corrected chi connectivity index (χ0v) is 25.7. The Morgan fingerprint density at radius 2 is 1.73 bits per heavy atom. The van der Waals surface area contributed by atoms with E-state index in [1.54, 1.807) is 0 Å². The van der Waals surface area contributed by atoms with Crippen molar-refractivity contribution in [1.29, 1.82) is 0 Å². The number of alkyl carbamates (subject to hydrolysis) is 1. The monoisotopic (exact) mass is 632 g/mol. The number of unbranched alkanes of at least 4 members (excludes halogenated alkanes) is 2. The van der Waals surface area contributed by atoms with Crippen LogP contribution in [-0.2, 0) is 14.9 Å². The van der Waals surface area contributed by atoms with Crippen LogP contribution in [0.25, 0.3) is 11.1 Å². The summed E-state index contributed by atoms with van der Waals surface area (Å²) in [5.74, 6) is -0.00470. The van der Waals surface area contributed by atoms with Crippen molar-refractivity contribution in [2.75, 3.05) is 13.1 Å². The molecule has 1 unspecified atom stereocenters. The maximum Gasteiger partial charge on any atom is 0.408 e. The third kappa shape index (κ3) is 5.93. The predicted molar refractivity (Wildman–Crippen MR) is 156 cm³/mol. The second kappa shape index (κ2) is 11.1. The molecular weight excluding hydrogens is 596 g/mol. The van der Waals surface area contributed by atoms with Crippen LogP contribution < -0.4 is 5.32 Å². The van der Waals surface area contributed by atoms with E-state index in [4.69, 9.17) is 4.74 Å². The van der Waals surface area contributed by atoms with E-state index in [0.29, 0.717) is 19.5 Å². The largest absolute Gasteiger partial charge is 0.444 e. The van der Waals surface area contributed by atoms with Gasteiger partial charge < -0.3 is 15.0 Å². The molecule has 0 radical (unpaired) electrons. The van der Waals surface area contributed by atoms with Crippen molar-refractivity contribution in [3.63, 3.8) is 0 Å². The van der Waals surface area contributed by atoms with E-state index in [1.807, 2.05) is 25.7 Å². The highest BCUT2D eigenvalue weighted by Crippen LogP contribution is 2.56. The zero-order chi connectivity index (χ0) is 27.0. The number of carbonyl (C=O) groups excluding carboxylic acids is 2. The predicted octanol–water partition coefficient (Wildman–Crippen LogP) is 7.88. The molecule has 200 valence electrons. The summed E-state index contributed by atoms with van der Waals surface area (Å²) < 4.78 is 7.63. The molecule has 1 atom stereocenters. The minimum absolute atomic E-state index is 0.00470. The molecule has 2 amide bonds. The van der Waals surface area contributed by atoms with Crippen molar-refractivity contribution in [3.05, 3.63) is 56.0 Å². The van der Waals surface area contributed by atoms with E-state index in [9.17, 15) is 9.59 Å². The second-order valence-electron chi connectivity index (χ2n) is 11.4. The first kappa shape index (κ1) is 28.2. The molecule has 0 aromatic heterocycles. The Labute approximate surface area is 238 Å². The molecule has 1 saturated heterocycles. The van der Waals surface area contributed by atoms with Crippen LogP contribution in [0.1, 0.15) is 82.9 Å². The molecule has 5 nitrogen and oxygen atoms in total. The van der Waals surface area contributed by atoms with Crippen LogP contribution >= 0.6 is 31.9 Å². The zero-order valence-electron chi connectivity index (χ0n) is 22.5. The molecule has 0 bridgehead atoms. The molecule has 2 aliphatic rings. The van der Waals surface area contributed by atoms with Crippen molar-refractivity contribution in [3.8, 4) is 11.1 Å². The smallest absolute Gasteiger partial charge is 0.408 e. The lowest BCUT2D eigenvalue weighted by Gasteiger charge is -2.42. The number of carbonyl (C=O) groups is 2. The molecular formula is C30H38Br2N2O3. The Bertz CT molecular complexity index is 1180. The third-order valence-corrected chi connectivity index (χ3v) is 8.55. The van der Waals surface area contributed by atoms with Gasteiger partial charge in [0.1, 0.15) is 11.6 Å². The number of halogens is 2. The van der Waals surface area contributed by atoms with Crippen molar-refractivity contribution < 1.29 is 14.3 Å². The molecule has 4 rings (SSSR count). The molecule has 1 heterocycles. The van der Waals surface area contributed by atoms with Crippen LogP contribution in [0, 0.1) is 6.92 Å². The van der Waals surface area contributed by atoms with E-state index in [-0.39, 0.29) is 11.3 Å². The van der Waals surface area contributed by atoms with Gasteiger partial charge in [-0.2, -0.15) is 0 Å². The highest BCUT2D eigenvalue weighted by atomic mass is 79.9. The topological polar surface area (TPSA) is 58.6 Å². The van der Waals surface area contributed by atoms with Gasteiger partial charge in [0, 0.05) is 27.4 Å². The average molecular weight is 634 g/mol. The van der Waals surface area contributed by atoms with Crippen LogP contribution in [-0.4, -0.2) is 41.6 Å². The molecule has 1 N–H and O–H groups in total. The van der Waals surface area contributed by atoms with Crippen LogP contribution in [0.5, 0.6) is 0 Å². The first-order valence-electron chi connectivity index (χ1n) is 13.3. The van der Waals surface area contributed by atoms with Crippen molar-refractivity contribution in [2.24, 2.45) is 0 Å². The van der Waals surface area contributed by atoms with Gasteiger partial charge in [0.25, 0.3) is 0 Å². The van der Waals surface area contributed by atoms with Crippen LogP contribution in [0.2, 0.25) is 0 Å². The minimum Gasteiger partial charge on any atom is -0.444 e. The van der Waals surface area contributed by atoms with Gasteiger partial charge in [0.2, 0.25) is 5.91 Å².